The van der Waals surface area contributed by atoms with E-state index in [2.05, 4.69) is 14.9 Å². The largest absolute Gasteiger partial charge is 0.460 e. The molecule has 0 aliphatic carbocycles. The average Bonchev–Trinajstić information content (AvgIpc) is 3.24. The fraction of sp³-hybridized carbons (Fsp3) is 0.294. The third-order valence-electron chi connectivity index (χ3n) is 4.11. The fourth-order valence-electron chi connectivity index (χ4n) is 2.89. The summed E-state index contributed by atoms with van der Waals surface area (Å²) in [6, 6.07) is 5.87. The second kappa shape index (κ2) is 6.27. The van der Waals surface area contributed by atoms with Crippen molar-refractivity contribution in [3.05, 3.63) is 58.0 Å². The van der Waals surface area contributed by atoms with Gasteiger partial charge < -0.3 is 4.42 Å². The van der Waals surface area contributed by atoms with Gasteiger partial charge in [-0.15, -0.1) is 0 Å². The van der Waals surface area contributed by atoms with E-state index in [-0.39, 0.29) is 0 Å². The van der Waals surface area contributed by atoms with Gasteiger partial charge in [0.2, 0.25) is 5.82 Å². The number of halogens is 3. The Labute approximate surface area is 145 Å². The number of thiophene rings is 1. The van der Waals surface area contributed by atoms with Gasteiger partial charge in [0.1, 0.15) is 11.5 Å². The molecule has 4 nitrogen and oxygen atoms in total. The van der Waals surface area contributed by atoms with E-state index in [0.29, 0.717) is 31.7 Å². The maximum atomic E-state index is 12.7. The van der Waals surface area contributed by atoms with Crippen molar-refractivity contribution in [1.82, 2.24) is 14.9 Å². The lowest BCUT2D eigenvalue weighted by Gasteiger charge is -2.27. The molecule has 0 spiro atoms. The number of hydrogen-bond acceptors (Lipinski definition) is 5. The average molecular weight is 365 g/mol. The molecular weight excluding hydrogens is 351 g/mol. The summed E-state index contributed by atoms with van der Waals surface area (Å²) in [4.78, 5) is 9.26. The molecule has 4 rings (SSSR count). The highest BCUT2D eigenvalue weighted by Gasteiger charge is 2.35. The molecule has 4 heterocycles. The van der Waals surface area contributed by atoms with Crippen LogP contribution >= 0.6 is 11.3 Å². The molecule has 0 aromatic carbocycles. The Hall–Kier alpha value is -2.19. The van der Waals surface area contributed by atoms with Crippen LogP contribution in [0.15, 0.2) is 39.6 Å². The lowest BCUT2D eigenvalue weighted by Crippen LogP contribution is -2.31. The van der Waals surface area contributed by atoms with Crippen LogP contribution in [0.2, 0.25) is 0 Å². The van der Waals surface area contributed by atoms with Crippen LogP contribution in [0.5, 0.6) is 0 Å². The molecule has 8 heteroatoms. The molecule has 1 aliphatic heterocycles. The van der Waals surface area contributed by atoms with Gasteiger partial charge in [0, 0.05) is 42.2 Å². The maximum Gasteiger partial charge on any atom is 0.451 e. The number of hydrogen-bond donors (Lipinski definition) is 0. The molecule has 0 fully saturated rings. The number of nitrogens with zero attached hydrogens (tertiary/aromatic N) is 3. The minimum Gasteiger partial charge on any atom is -0.460 e. The van der Waals surface area contributed by atoms with Gasteiger partial charge in [-0.1, -0.05) is 0 Å². The maximum absolute atomic E-state index is 12.7. The number of fused-ring (bicyclic) bond motifs is 1. The molecular formula is C17H14F3N3OS. The molecule has 0 saturated heterocycles. The zero-order valence-electron chi connectivity index (χ0n) is 13.1. The van der Waals surface area contributed by atoms with E-state index in [1.807, 2.05) is 29.0 Å². The molecule has 0 unspecified atom stereocenters. The van der Waals surface area contributed by atoms with Gasteiger partial charge in [-0.05, 0) is 23.6 Å². The van der Waals surface area contributed by atoms with Crippen molar-refractivity contribution in [3.63, 3.8) is 0 Å². The molecule has 0 atom stereocenters. The van der Waals surface area contributed by atoms with Crippen LogP contribution in [0.4, 0.5) is 13.2 Å². The zero-order chi connectivity index (χ0) is 17.4. The van der Waals surface area contributed by atoms with E-state index < -0.39 is 12.0 Å². The third-order valence-corrected chi connectivity index (χ3v) is 4.80. The van der Waals surface area contributed by atoms with E-state index in [4.69, 9.17) is 4.42 Å². The van der Waals surface area contributed by atoms with Gasteiger partial charge in [-0.25, -0.2) is 9.97 Å². The topological polar surface area (TPSA) is 42.2 Å². The highest BCUT2D eigenvalue weighted by Crippen LogP contribution is 2.29. The normalized spacial score (nSPS) is 15.3. The monoisotopic (exact) mass is 365 g/mol. The minimum atomic E-state index is -4.50. The van der Waals surface area contributed by atoms with E-state index in [1.165, 1.54) is 6.20 Å². The summed E-state index contributed by atoms with van der Waals surface area (Å²) in [7, 11) is 0. The lowest BCUT2D eigenvalue weighted by atomic mass is 10.1. The smallest absolute Gasteiger partial charge is 0.451 e. The molecule has 0 amide bonds. The predicted octanol–water partition coefficient (Wildman–Crippen LogP) is 4.38. The Morgan fingerprint density at radius 3 is 2.88 bits per heavy atom. The lowest BCUT2D eigenvalue weighted by molar-refractivity contribution is -0.145. The first kappa shape index (κ1) is 16.3. The second-order valence-electron chi connectivity index (χ2n) is 5.90. The second-order valence-corrected chi connectivity index (χ2v) is 6.68. The van der Waals surface area contributed by atoms with E-state index in [1.54, 1.807) is 11.3 Å². The van der Waals surface area contributed by atoms with Crippen LogP contribution in [0.25, 0.3) is 11.3 Å². The van der Waals surface area contributed by atoms with Crippen molar-refractivity contribution in [3.8, 4) is 11.3 Å². The first-order valence-electron chi connectivity index (χ1n) is 7.75. The van der Waals surface area contributed by atoms with Gasteiger partial charge >= 0.3 is 6.18 Å². The van der Waals surface area contributed by atoms with Gasteiger partial charge in [-0.3, -0.25) is 4.90 Å². The molecule has 130 valence electrons. The first-order valence-corrected chi connectivity index (χ1v) is 8.69. The van der Waals surface area contributed by atoms with Crippen molar-refractivity contribution in [2.75, 3.05) is 6.54 Å². The van der Waals surface area contributed by atoms with Crippen LogP contribution in [0.1, 0.15) is 22.8 Å². The van der Waals surface area contributed by atoms with Crippen molar-refractivity contribution < 1.29 is 17.6 Å². The van der Waals surface area contributed by atoms with Crippen LogP contribution in [0, 0.1) is 0 Å². The highest BCUT2D eigenvalue weighted by atomic mass is 32.1. The molecule has 3 aromatic heterocycles. The van der Waals surface area contributed by atoms with Crippen molar-refractivity contribution in [1.29, 1.82) is 0 Å². The Balaban J connectivity index is 1.46. The van der Waals surface area contributed by atoms with Gasteiger partial charge in [0.25, 0.3) is 0 Å². The van der Waals surface area contributed by atoms with Gasteiger partial charge in [-0.2, -0.15) is 24.5 Å². The molecule has 0 N–H and O–H groups in total. The van der Waals surface area contributed by atoms with Crippen molar-refractivity contribution in [2.45, 2.75) is 25.7 Å². The summed E-state index contributed by atoms with van der Waals surface area (Å²) >= 11 is 1.61. The highest BCUT2D eigenvalue weighted by molar-refractivity contribution is 7.08. The molecule has 3 aromatic rings. The molecule has 25 heavy (non-hydrogen) atoms. The Bertz CT molecular complexity index is 874. The summed E-state index contributed by atoms with van der Waals surface area (Å²) in [5.41, 5.74) is 2.27. The minimum absolute atomic E-state index is 0.471. The number of rotatable bonds is 3. The van der Waals surface area contributed by atoms with E-state index in [0.717, 1.165) is 22.6 Å². The summed E-state index contributed by atoms with van der Waals surface area (Å²) < 4.78 is 43.9. The fourth-order valence-corrected chi connectivity index (χ4v) is 3.53. The number of aromatic nitrogens is 2. The third kappa shape index (κ3) is 3.45. The SMILES string of the molecule is FC(F)(F)c1ncc2c(n1)CCN(Cc1ccc(-c3ccsc3)o1)C2. The zero-order valence-corrected chi connectivity index (χ0v) is 13.9. The Morgan fingerprint density at radius 1 is 1.24 bits per heavy atom. The van der Waals surface area contributed by atoms with Crippen LogP contribution < -0.4 is 0 Å². The quantitative estimate of drug-likeness (QED) is 0.691. The molecule has 0 radical (unpaired) electrons. The summed E-state index contributed by atoms with van der Waals surface area (Å²) in [6.45, 7) is 1.75. The van der Waals surface area contributed by atoms with Gasteiger partial charge in [0.15, 0.2) is 0 Å². The van der Waals surface area contributed by atoms with Crippen molar-refractivity contribution in [2.24, 2.45) is 0 Å². The van der Waals surface area contributed by atoms with Crippen LogP contribution in [0.3, 0.4) is 0 Å². The standard InChI is InChI=1S/C17H14F3N3OS/c18-17(19,20)16-21-7-12-8-23(5-3-14(12)22-16)9-13-1-2-15(24-13)11-4-6-25-10-11/h1-2,4,6-7,10H,3,5,8-9H2. The van der Waals surface area contributed by atoms with Crippen LogP contribution in [-0.2, 0) is 25.7 Å². The van der Waals surface area contributed by atoms with Crippen LogP contribution in [-0.4, -0.2) is 21.4 Å². The first-order chi connectivity index (χ1) is 12.0. The summed E-state index contributed by atoms with van der Waals surface area (Å²) in [5.74, 6) is 0.593. The molecule has 0 saturated carbocycles. The molecule has 0 bridgehead atoms. The van der Waals surface area contributed by atoms with Gasteiger partial charge in [0.05, 0.1) is 12.2 Å². The predicted molar refractivity (Wildman–Crippen MR) is 86.9 cm³/mol. The number of furan rings is 1. The van der Waals surface area contributed by atoms with E-state index in [9.17, 15) is 13.2 Å². The van der Waals surface area contributed by atoms with E-state index >= 15 is 0 Å². The Kier molecular flexibility index (Phi) is 4.09. The summed E-state index contributed by atoms with van der Waals surface area (Å²) in [5, 5.41) is 4.02. The Morgan fingerprint density at radius 2 is 2.12 bits per heavy atom. The van der Waals surface area contributed by atoms with Crippen molar-refractivity contribution >= 4 is 11.3 Å². The summed E-state index contributed by atoms with van der Waals surface area (Å²) in [6.07, 6.45) is -2.74. The number of alkyl halides is 3. The molecule has 1 aliphatic rings.